The van der Waals surface area contributed by atoms with Crippen LogP contribution in [0.3, 0.4) is 0 Å². The minimum atomic E-state index is -0.354. The van der Waals surface area contributed by atoms with E-state index in [0.717, 1.165) is 0 Å². The Morgan fingerprint density at radius 3 is 2.71 bits per heavy atom. The Bertz CT molecular complexity index is 737. The van der Waals surface area contributed by atoms with Gasteiger partial charge in [0, 0.05) is 6.07 Å². The van der Waals surface area contributed by atoms with E-state index in [4.69, 9.17) is 8.94 Å². The number of carbonyl (C=O) groups excluding carboxylic acids is 1. The van der Waals surface area contributed by atoms with E-state index in [1.807, 2.05) is 0 Å². The van der Waals surface area contributed by atoms with Crippen LogP contribution in [0, 0.1) is 5.82 Å². The van der Waals surface area contributed by atoms with Crippen molar-refractivity contribution in [2.75, 3.05) is 5.32 Å². The van der Waals surface area contributed by atoms with Crippen LogP contribution in [0.25, 0.3) is 11.7 Å². The second kappa shape index (κ2) is 5.53. The first-order chi connectivity index (χ1) is 10.2. The third-order valence-electron chi connectivity index (χ3n) is 2.60. The molecule has 0 aliphatic rings. The molecular formula is C13H9FN4O3. The first kappa shape index (κ1) is 13.0. The summed E-state index contributed by atoms with van der Waals surface area (Å²) < 4.78 is 22.8. The average Bonchev–Trinajstić information content (AvgIpc) is 3.12. The molecule has 3 aromatic rings. The van der Waals surface area contributed by atoms with E-state index in [2.05, 4.69) is 20.7 Å². The fraction of sp³-hybridized carbons (Fsp3) is 0.0769. The summed E-state index contributed by atoms with van der Waals surface area (Å²) in [6.07, 6.45) is 1.51. The normalized spacial score (nSPS) is 10.5. The van der Waals surface area contributed by atoms with Crippen LogP contribution in [-0.4, -0.2) is 21.3 Å². The number of benzene rings is 1. The van der Waals surface area contributed by atoms with Gasteiger partial charge in [-0.2, -0.15) is 0 Å². The molecule has 0 aliphatic carbocycles. The molecule has 0 fully saturated rings. The Balaban J connectivity index is 1.64. The molecule has 0 bridgehead atoms. The van der Waals surface area contributed by atoms with Crippen molar-refractivity contribution in [3.8, 4) is 11.7 Å². The molecule has 1 N–H and O–H groups in total. The molecule has 7 nitrogen and oxygen atoms in total. The van der Waals surface area contributed by atoms with Gasteiger partial charge in [-0.1, -0.05) is 22.4 Å². The van der Waals surface area contributed by atoms with Gasteiger partial charge >= 0.3 is 6.01 Å². The lowest BCUT2D eigenvalue weighted by Gasteiger charge is -2.00. The Labute approximate surface area is 117 Å². The third kappa shape index (κ3) is 3.11. The van der Waals surface area contributed by atoms with Crippen molar-refractivity contribution in [3.05, 3.63) is 47.9 Å². The number of hydrogen-bond acceptors (Lipinski definition) is 6. The smallest absolute Gasteiger partial charge is 0.322 e. The number of nitrogens with one attached hydrogen (secondary N) is 1. The van der Waals surface area contributed by atoms with E-state index in [9.17, 15) is 9.18 Å². The summed E-state index contributed by atoms with van der Waals surface area (Å²) in [5.41, 5.74) is 0.670. The average molecular weight is 288 g/mol. The van der Waals surface area contributed by atoms with Gasteiger partial charge in [0.15, 0.2) is 0 Å². The number of carbonyl (C=O) groups is 1. The molecular weight excluding hydrogens is 279 g/mol. The molecule has 106 valence electrons. The zero-order valence-corrected chi connectivity index (χ0v) is 10.6. The molecule has 0 aliphatic heterocycles. The lowest BCUT2D eigenvalue weighted by molar-refractivity contribution is -0.115. The van der Waals surface area contributed by atoms with Crippen LogP contribution < -0.4 is 5.32 Å². The number of nitrogens with zero attached hydrogens (tertiary/aromatic N) is 3. The highest BCUT2D eigenvalue weighted by Crippen LogP contribution is 2.18. The Morgan fingerprint density at radius 2 is 2.00 bits per heavy atom. The summed E-state index contributed by atoms with van der Waals surface area (Å²) in [7, 11) is 0. The highest BCUT2D eigenvalue weighted by molar-refractivity contribution is 5.90. The molecule has 0 radical (unpaired) electrons. The van der Waals surface area contributed by atoms with Crippen molar-refractivity contribution in [3.63, 3.8) is 0 Å². The van der Waals surface area contributed by atoms with Crippen LogP contribution in [0.1, 0.15) is 5.56 Å². The van der Waals surface area contributed by atoms with E-state index in [-0.39, 0.29) is 30.1 Å². The molecule has 0 spiro atoms. The maximum absolute atomic E-state index is 12.8. The minimum absolute atomic E-state index is 0.0477. The number of aromatic nitrogens is 3. The van der Waals surface area contributed by atoms with Crippen LogP contribution in [-0.2, 0) is 11.2 Å². The molecule has 0 unspecified atom stereocenters. The van der Waals surface area contributed by atoms with Crippen LogP contribution in [0.4, 0.5) is 10.4 Å². The highest BCUT2D eigenvalue weighted by Gasteiger charge is 2.14. The SMILES string of the molecule is O=C(Cc1ccc(F)cc1)Nc1nnc(-c2ccno2)o1. The third-order valence-corrected chi connectivity index (χ3v) is 2.60. The van der Waals surface area contributed by atoms with E-state index in [1.54, 1.807) is 6.07 Å². The molecule has 8 heteroatoms. The zero-order valence-electron chi connectivity index (χ0n) is 10.6. The molecule has 21 heavy (non-hydrogen) atoms. The van der Waals surface area contributed by atoms with Crippen molar-refractivity contribution in [1.82, 2.24) is 15.4 Å². The second-order valence-electron chi connectivity index (χ2n) is 4.14. The van der Waals surface area contributed by atoms with E-state index in [0.29, 0.717) is 11.3 Å². The summed E-state index contributed by atoms with van der Waals surface area (Å²) in [6.45, 7) is 0. The zero-order chi connectivity index (χ0) is 14.7. The number of anilines is 1. The van der Waals surface area contributed by atoms with Gasteiger partial charge in [-0.3, -0.25) is 10.1 Å². The molecule has 2 heterocycles. The molecule has 1 amide bonds. The molecule has 0 saturated heterocycles. The Morgan fingerprint density at radius 1 is 1.19 bits per heavy atom. The fourth-order valence-corrected chi connectivity index (χ4v) is 1.65. The lowest BCUT2D eigenvalue weighted by atomic mass is 10.1. The van der Waals surface area contributed by atoms with Crippen LogP contribution in [0.15, 0.2) is 45.5 Å². The van der Waals surface area contributed by atoms with Crippen molar-refractivity contribution in [2.45, 2.75) is 6.42 Å². The van der Waals surface area contributed by atoms with Crippen molar-refractivity contribution < 1.29 is 18.1 Å². The van der Waals surface area contributed by atoms with Crippen LogP contribution in [0.2, 0.25) is 0 Å². The van der Waals surface area contributed by atoms with Crippen LogP contribution >= 0.6 is 0 Å². The topological polar surface area (TPSA) is 94.1 Å². The quantitative estimate of drug-likeness (QED) is 0.789. The Kier molecular flexibility index (Phi) is 3.42. The largest absolute Gasteiger partial charge is 0.400 e. The molecule has 3 rings (SSSR count). The second-order valence-corrected chi connectivity index (χ2v) is 4.14. The summed E-state index contributed by atoms with van der Waals surface area (Å²) in [5.74, 6) is -0.284. The standard InChI is InChI=1S/C13H9FN4O3/c14-9-3-1-8(2-4-9)7-11(19)16-13-18-17-12(20-13)10-5-6-15-21-10/h1-6H,7H2,(H,16,18,19). The summed E-state index contributed by atoms with van der Waals surface area (Å²) in [4.78, 5) is 11.8. The predicted molar refractivity (Wildman–Crippen MR) is 68.5 cm³/mol. The van der Waals surface area contributed by atoms with E-state index in [1.165, 1.54) is 30.5 Å². The summed E-state index contributed by atoms with van der Waals surface area (Å²) >= 11 is 0. The maximum Gasteiger partial charge on any atom is 0.322 e. The predicted octanol–water partition coefficient (Wildman–Crippen LogP) is 2.04. The number of halogens is 1. The molecule has 0 saturated carbocycles. The summed E-state index contributed by atoms with van der Waals surface area (Å²) in [6, 6.07) is 7.14. The van der Waals surface area contributed by atoms with Gasteiger partial charge in [0.05, 0.1) is 12.6 Å². The van der Waals surface area contributed by atoms with Gasteiger partial charge in [0.25, 0.3) is 5.89 Å². The van der Waals surface area contributed by atoms with Gasteiger partial charge in [-0.25, -0.2) is 4.39 Å². The van der Waals surface area contributed by atoms with Crippen LogP contribution in [0.5, 0.6) is 0 Å². The first-order valence-electron chi connectivity index (χ1n) is 5.99. The van der Waals surface area contributed by atoms with Crippen molar-refractivity contribution in [2.24, 2.45) is 0 Å². The number of amides is 1. The first-order valence-corrected chi connectivity index (χ1v) is 5.99. The van der Waals surface area contributed by atoms with E-state index < -0.39 is 0 Å². The maximum atomic E-state index is 12.8. The highest BCUT2D eigenvalue weighted by atomic mass is 19.1. The minimum Gasteiger partial charge on any atom is -0.400 e. The monoisotopic (exact) mass is 288 g/mol. The lowest BCUT2D eigenvalue weighted by Crippen LogP contribution is -2.14. The molecule has 1 aromatic carbocycles. The van der Waals surface area contributed by atoms with E-state index >= 15 is 0 Å². The van der Waals surface area contributed by atoms with Crippen molar-refractivity contribution in [1.29, 1.82) is 0 Å². The van der Waals surface area contributed by atoms with Gasteiger partial charge in [-0.05, 0) is 17.7 Å². The van der Waals surface area contributed by atoms with Gasteiger partial charge in [-0.15, -0.1) is 5.10 Å². The number of rotatable bonds is 4. The van der Waals surface area contributed by atoms with Gasteiger partial charge < -0.3 is 8.94 Å². The number of hydrogen-bond donors (Lipinski definition) is 1. The Hall–Kier alpha value is -3.03. The fourth-order valence-electron chi connectivity index (χ4n) is 1.65. The van der Waals surface area contributed by atoms with Gasteiger partial charge in [0.1, 0.15) is 5.82 Å². The molecule has 2 aromatic heterocycles. The summed E-state index contributed by atoms with van der Waals surface area (Å²) in [5, 5.41) is 13.4. The van der Waals surface area contributed by atoms with Crippen molar-refractivity contribution >= 4 is 11.9 Å². The molecule has 0 atom stereocenters. The van der Waals surface area contributed by atoms with Gasteiger partial charge in [0.2, 0.25) is 11.7 Å².